The average Bonchev–Trinajstić information content (AvgIpc) is 2.85. The Balaban J connectivity index is 1.82. The van der Waals surface area contributed by atoms with Crippen molar-refractivity contribution < 1.29 is 9.90 Å². The Morgan fingerprint density at radius 1 is 1.32 bits per heavy atom. The molecule has 2 amide bonds. The molecule has 1 saturated carbocycles. The molecular formula is C14H17N3O2. The topological polar surface area (TPSA) is 85.2 Å². The van der Waals surface area contributed by atoms with Crippen LogP contribution in [0, 0.1) is 11.3 Å². The van der Waals surface area contributed by atoms with E-state index in [1.54, 1.807) is 24.3 Å². The van der Waals surface area contributed by atoms with Crippen LogP contribution in [0.1, 0.15) is 31.2 Å². The van der Waals surface area contributed by atoms with E-state index in [9.17, 15) is 9.90 Å². The van der Waals surface area contributed by atoms with Gasteiger partial charge >= 0.3 is 6.03 Å². The quantitative estimate of drug-likeness (QED) is 0.776. The number of amides is 2. The third kappa shape index (κ3) is 3.70. The van der Waals surface area contributed by atoms with Gasteiger partial charge in [0.05, 0.1) is 17.2 Å². The van der Waals surface area contributed by atoms with E-state index in [1.807, 2.05) is 6.07 Å². The Labute approximate surface area is 112 Å². The van der Waals surface area contributed by atoms with Crippen LogP contribution in [-0.4, -0.2) is 23.3 Å². The molecule has 1 aliphatic rings. The summed E-state index contributed by atoms with van der Waals surface area (Å²) in [6, 6.07) is 8.29. The zero-order chi connectivity index (χ0) is 13.7. The minimum Gasteiger partial charge on any atom is -0.388 e. The van der Waals surface area contributed by atoms with Gasteiger partial charge in [0.1, 0.15) is 0 Å². The molecule has 1 aliphatic carbocycles. The number of aliphatic hydroxyl groups is 1. The first-order valence-electron chi connectivity index (χ1n) is 6.39. The smallest absolute Gasteiger partial charge is 0.319 e. The van der Waals surface area contributed by atoms with Gasteiger partial charge in [0.2, 0.25) is 0 Å². The lowest BCUT2D eigenvalue weighted by molar-refractivity contribution is 0.0506. The third-order valence-corrected chi connectivity index (χ3v) is 3.38. The van der Waals surface area contributed by atoms with Crippen LogP contribution in [0.2, 0.25) is 0 Å². The van der Waals surface area contributed by atoms with Crippen LogP contribution in [0.4, 0.5) is 10.5 Å². The average molecular weight is 259 g/mol. The van der Waals surface area contributed by atoms with Crippen molar-refractivity contribution >= 4 is 11.7 Å². The zero-order valence-electron chi connectivity index (χ0n) is 10.6. The second-order valence-corrected chi connectivity index (χ2v) is 4.93. The van der Waals surface area contributed by atoms with Gasteiger partial charge in [-0.05, 0) is 37.1 Å². The molecular weight excluding hydrogens is 242 g/mol. The zero-order valence-corrected chi connectivity index (χ0v) is 10.6. The number of hydrogen-bond acceptors (Lipinski definition) is 3. The minimum atomic E-state index is -0.748. The molecule has 0 bridgehead atoms. The first kappa shape index (κ1) is 13.4. The maximum Gasteiger partial charge on any atom is 0.319 e. The van der Waals surface area contributed by atoms with Crippen LogP contribution in [0.5, 0.6) is 0 Å². The van der Waals surface area contributed by atoms with Crippen molar-refractivity contribution in [3.8, 4) is 6.07 Å². The number of rotatable bonds is 3. The second-order valence-electron chi connectivity index (χ2n) is 4.93. The fraction of sp³-hybridized carbons (Fsp3) is 0.429. The SMILES string of the molecule is N#Cc1ccc(NC(=O)NCC2(O)CCCC2)cc1. The van der Waals surface area contributed by atoms with Crippen LogP contribution < -0.4 is 10.6 Å². The Kier molecular flexibility index (Phi) is 4.03. The number of carbonyl (C=O) groups excluding carboxylic acids is 1. The molecule has 5 heteroatoms. The largest absolute Gasteiger partial charge is 0.388 e. The van der Waals surface area contributed by atoms with Crippen molar-refractivity contribution in [3.63, 3.8) is 0 Å². The summed E-state index contributed by atoms with van der Waals surface area (Å²) in [4.78, 5) is 11.7. The van der Waals surface area contributed by atoms with Gasteiger partial charge in [-0.1, -0.05) is 12.8 Å². The van der Waals surface area contributed by atoms with Crippen molar-refractivity contribution in [2.75, 3.05) is 11.9 Å². The normalized spacial score (nSPS) is 16.6. The van der Waals surface area contributed by atoms with Crippen LogP contribution in [0.3, 0.4) is 0 Å². The maximum atomic E-state index is 11.7. The first-order valence-corrected chi connectivity index (χ1v) is 6.39. The molecule has 0 heterocycles. The maximum absolute atomic E-state index is 11.7. The molecule has 0 aromatic heterocycles. The van der Waals surface area contributed by atoms with E-state index < -0.39 is 5.60 Å². The van der Waals surface area contributed by atoms with Gasteiger partial charge in [0.15, 0.2) is 0 Å². The summed E-state index contributed by atoms with van der Waals surface area (Å²) < 4.78 is 0. The van der Waals surface area contributed by atoms with Gasteiger partial charge in [-0.15, -0.1) is 0 Å². The number of nitriles is 1. The number of benzene rings is 1. The standard InChI is InChI=1S/C14H17N3O2/c15-9-11-3-5-12(6-4-11)17-13(18)16-10-14(19)7-1-2-8-14/h3-6,19H,1-2,7-8,10H2,(H2,16,17,18). The Morgan fingerprint density at radius 3 is 2.53 bits per heavy atom. The Morgan fingerprint density at radius 2 is 1.95 bits per heavy atom. The van der Waals surface area contributed by atoms with E-state index in [-0.39, 0.29) is 12.6 Å². The monoisotopic (exact) mass is 259 g/mol. The van der Waals surface area contributed by atoms with Gasteiger partial charge in [0.25, 0.3) is 0 Å². The van der Waals surface area contributed by atoms with Crippen molar-refractivity contribution in [1.29, 1.82) is 5.26 Å². The molecule has 3 N–H and O–H groups in total. The molecule has 100 valence electrons. The lowest BCUT2D eigenvalue weighted by atomic mass is 10.0. The van der Waals surface area contributed by atoms with Gasteiger partial charge in [-0.25, -0.2) is 4.79 Å². The van der Waals surface area contributed by atoms with Gasteiger partial charge < -0.3 is 15.7 Å². The van der Waals surface area contributed by atoms with E-state index in [1.165, 1.54) is 0 Å². The number of urea groups is 1. The lowest BCUT2D eigenvalue weighted by Gasteiger charge is -2.22. The number of carbonyl (C=O) groups is 1. The van der Waals surface area contributed by atoms with Crippen molar-refractivity contribution in [2.24, 2.45) is 0 Å². The van der Waals surface area contributed by atoms with Crippen LogP contribution in [0.15, 0.2) is 24.3 Å². The molecule has 0 atom stereocenters. The Bertz CT molecular complexity index is 484. The summed E-state index contributed by atoms with van der Waals surface area (Å²) in [7, 11) is 0. The molecule has 19 heavy (non-hydrogen) atoms. The highest BCUT2D eigenvalue weighted by atomic mass is 16.3. The number of hydrogen-bond donors (Lipinski definition) is 3. The molecule has 1 fully saturated rings. The second kappa shape index (κ2) is 5.72. The van der Waals surface area contributed by atoms with Crippen molar-refractivity contribution in [2.45, 2.75) is 31.3 Å². The highest BCUT2D eigenvalue weighted by Gasteiger charge is 2.31. The lowest BCUT2D eigenvalue weighted by Crippen LogP contribution is -2.42. The van der Waals surface area contributed by atoms with Gasteiger partial charge in [-0.2, -0.15) is 5.26 Å². The van der Waals surface area contributed by atoms with Crippen LogP contribution >= 0.6 is 0 Å². The predicted molar refractivity (Wildman–Crippen MR) is 71.6 cm³/mol. The van der Waals surface area contributed by atoms with E-state index >= 15 is 0 Å². The summed E-state index contributed by atoms with van der Waals surface area (Å²) >= 11 is 0. The molecule has 0 aliphatic heterocycles. The Hall–Kier alpha value is -2.06. The highest BCUT2D eigenvalue weighted by molar-refractivity contribution is 5.89. The summed E-state index contributed by atoms with van der Waals surface area (Å²) in [5.41, 5.74) is 0.420. The predicted octanol–water partition coefficient (Wildman–Crippen LogP) is 1.98. The van der Waals surface area contributed by atoms with E-state index in [2.05, 4.69) is 10.6 Å². The fourth-order valence-electron chi connectivity index (χ4n) is 2.26. The summed E-state index contributed by atoms with van der Waals surface area (Å²) in [6.07, 6.45) is 3.50. The molecule has 0 spiro atoms. The number of anilines is 1. The molecule has 1 aromatic rings. The number of nitrogens with zero attached hydrogens (tertiary/aromatic N) is 1. The summed E-state index contributed by atoms with van der Waals surface area (Å²) in [5.74, 6) is 0. The fourth-order valence-corrected chi connectivity index (χ4v) is 2.26. The van der Waals surface area contributed by atoms with Gasteiger partial charge in [0, 0.05) is 12.2 Å². The molecule has 0 saturated heterocycles. The molecule has 1 aromatic carbocycles. The third-order valence-electron chi connectivity index (χ3n) is 3.38. The van der Waals surface area contributed by atoms with E-state index in [0.717, 1.165) is 25.7 Å². The summed E-state index contributed by atoms with van der Waals surface area (Å²) in [6.45, 7) is 0.273. The van der Waals surface area contributed by atoms with E-state index in [4.69, 9.17) is 5.26 Å². The van der Waals surface area contributed by atoms with E-state index in [0.29, 0.717) is 11.3 Å². The van der Waals surface area contributed by atoms with Gasteiger partial charge in [-0.3, -0.25) is 0 Å². The van der Waals surface area contributed by atoms with Crippen LogP contribution in [0.25, 0.3) is 0 Å². The van der Waals surface area contributed by atoms with Crippen molar-refractivity contribution in [1.82, 2.24) is 5.32 Å². The number of nitrogens with one attached hydrogen (secondary N) is 2. The molecule has 2 rings (SSSR count). The minimum absolute atomic E-state index is 0.273. The molecule has 0 unspecified atom stereocenters. The molecule has 5 nitrogen and oxygen atoms in total. The van der Waals surface area contributed by atoms with Crippen molar-refractivity contribution in [3.05, 3.63) is 29.8 Å². The highest BCUT2D eigenvalue weighted by Crippen LogP contribution is 2.28. The summed E-state index contributed by atoms with van der Waals surface area (Å²) in [5, 5.41) is 24.1. The first-order chi connectivity index (χ1) is 9.11. The molecule has 0 radical (unpaired) electrons. The van der Waals surface area contributed by atoms with Crippen LogP contribution in [-0.2, 0) is 0 Å².